The Morgan fingerprint density at radius 2 is 1.68 bits per heavy atom. The van der Waals surface area contributed by atoms with Gasteiger partial charge in [0.2, 0.25) is 0 Å². The van der Waals surface area contributed by atoms with Crippen LogP contribution in [0.15, 0.2) is 41.2 Å². The number of H-pyrrole nitrogens is 1. The Bertz CT molecular complexity index is 1080. The summed E-state index contributed by atoms with van der Waals surface area (Å²) in [7, 11) is 0. The maximum Gasteiger partial charge on any atom is 0.389 e. The first-order valence-electron chi connectivity index (χ1n) is 8.68. The monoisotopic (exact) mass is 394 g/mol. The number of aromatic amines is 1. The molecule has 0 unspecified atom stereocenters. The van der Waals surface area contributed by atoms with Gasteiger partial charge < -0.3 is 9.72 Å². The lowest BCUT2D eigenvalue weighted by atomic mass is 10.1. The van der Waals surface area contributed by atoms with Crippen LogP contribution >= 0.6 is 0 Å². The second-order valence-electron chi connectivity index (χ2n) is 6.42. The number of unbranched alkanes of at least 4 members (excludes halogenated alkanes) is 2. The molecule has 0 saturated heterocycles. The molecule has 0 radical (unpaired) electrons. The highest BCUT2D eigenvalue weighted by atomic mass is 19.4. The summed E-state index contributed by atoms with van der Waals surface area (Å²) in [6.45, 7) is 0.257. The molecular formula is C19H17F3N2O4. The number of nitro benzene ring substituents is 1. The van der Waals surface area contributed by atoms with Crippen LogP contribution in [0.4, 0.5) is 18.9 Å². The number of benzene rings is 2. The molecule has 2 aromatic carbocycles. The molecule has 1 aromatic heterocycles. The van der Waals surface area contributed by atoms with Crippen molar-refractivity contribution in [2.24, 2.45) is 0 Å². The second-order valence-corrected chi connectivity index (χ2v) is 6.42. The van der Waals surface area contributed by atoms with Crippen LogP contribution in [-0.4, -0.2) is 22.7 Å². The van der Waals surface area contributed by atoms with Gasteiger partial charge in [-0.3, -0.25) is 14.9 Å². The number of rotatable bonds is 7. The molecule has 1 N–H and O–H groups in total. The third kappa shape index (κ3) is 4.59. The van der Waals surface area contributed by atoms with Gasteiger partial charge in [-0.05, 0) is 37.5 Å². The Labute approximate surface area is 157 Å². The van der Waals surface area contributed by atoms with Crippen LogP contribution in [0.1, 0.15) is 25.7 Å². The van der Waals surface area contributed by atoms with E-state index in [-0.39, 0.29) is 24.1 Å². The molecule has 0 aliphatic rings. The molecular weight excluding hydrogens is 377 g/mol. The molecule has 0 fully saturated rings. The smallest absolute Gasteiger partial charge is 0.389 e. The third-order valence-corrected chi connectivity index (χ3v) is 4.34. The fourth-order valence-electron chi connectivity index (χ4n) is 2.95. The minimum absolute atomic E-state index is 0.0582. The van der Waals surface area contributed by atoms with Gasteiger partial charge in [0.1, 0.15) is 5.75 Å². The van der Waals surface area contributed by atoms with Crippen molar-refractivity contribution >= 4 is 27.5 Å². The summed E-state index contributed by atoms with van der Waals surface area (Å²) >= 11 is 0. The van der Waals surface area contributed by atoms with Crippen molar-refractivity contribution in [3.05, 3.63) is 56.7 Å². The van der Waals surface area contributed by atoms with Crippen LogP contribution in [-0.2, 0) is 0 Å². The summed E-state index contributed by atoms with van der Waals surface area (Å²) in [5.74, 6) is 0.462. The molecule has 0 atom stereocenters. The Morgan fingerprint density at radius 1 is 1.00 bits per heavy atom. The zero-order valence-electron chi connectivity index (χ0n) is 14.7. The Hall–Kier alpha value is -3.10. The lowest BCUT2D eigenvalue weighted by Crippen LogP contribution is -2.07. The number of nitrogens with one attached hydrogen (secondary N) is 1. The van der Waals surface area contributed by atoms with E-state index >= 15 is 0 Å². The van der Waals surface area contributed by atoms with Crippen LogP contribution in [0.25, 0.3) is 21.8 Å². The fraction of sp³-hybridized carbons (Fsp3) is 0.316. The molecule has 0 spiro atoms. The highest BCUT2D eigenvalue weighted by Crippen LogP contribution is 2.24. The van der Waals surface area contributed by atoms with Gasteiger partial charge in [-0.25, -0.2) is 0 Å². The van der Waals surface area contributed by atoms with Crippen LogP contribution in [0.2, 0.25) is 0 Å². The maximum atomic E-state index is 12.6. The van der Waals surface area contributed by atoms with Gasteiger partial charge >= 0.3 is 6.18 Å². The predicted octanol–water partition coefficient (Wildman–Crippen LogP) is 5.09. The van der Waals surface area contributed by atoms with Gasteiger partial charge in [0, 0.05) is 35.4 Å². The molecule has 0 bridgehead atoms. The molecule has 28 heavy (non-hydrogen) atoms. The van der Waals surface area contributed by atoms with Gasteiger partial charge in [0.25, 0.3) is 5.69 Å². The van der Waals surface area contributed by atoms with Crippen molar-refractivity contribution in [3.63, 3.8) is 0 Å². The van der Waals surface area contributed by atoms with Gasteiger partial charge in [-0.2, -0.15) is 13.2 Å². The molecule has 6 nitrogen and oxygen atoms in total. The van der Waals surface area contributed by atoms with E-state index in [4.69, 9.17) is 4.74 Å². The summed E-state index contributed by atoms with van der Waals surface area (Å²) in [6.07, 6.45) is -4.00. The van der Waals surface area contributed by atoms with Crippen molar-refractivity contribution in [2.75, 3.05) is 6.61 Å². The first-order valence-corrected chi connectivity index (χ1v) is 8.68. The first-order chi connectivity index (χ1) is 13.2. The fourth-order valence-corrected chi connectivity index (χ4v) is 2.95. The summed E-state index contributed by atoms with van der Waals surface area (Å²) in [4.78, 5) is 26.0. The Morgan fingerprint density at radius 3 is 2.36 bits per heavy atom. The highest BCUT2D eigenvalue weighted by Gasteiger charge is 2.25. The quantitative estimate of drug-likeness (QED) is 0.262. The van der Waals surface area contributed by atoms with Crippen LogP contribution in [0, 0.1) is 10.1 Å². The molecule has 3 aromatic rings. The molecule has 148 valence electrons. The molecule has 3 rings (SSSR count). The Kier molecular flexibility index (Phi) is 5.53. The number of aromatic nitrogens is 1. The van der Waals surface area contributed by atoms with Crippen molar-refractivity contribution < 1.29 is 22.8 Å². The van der Waals surface area contributed by atoms with E-state index in [9.17, 15) is 28.1 Å². The van der Waals surface area contributed by atoms with E-state index in [1.807, 2.05) is 0 Å². The van der Waals surface area contributed by atoms with Gasteiger partial charge in [-0.1, -0.05) is 0 Å². The molecule has 9 heteroatoms. The molecule has 0 saturated carbocycles. The zero-order chi connectivity index (χ0) is 20.3. The number of ether oxygens (including phenoxy) is 1. The average Bonchev–Trinajstić information content (AvgIpc) is 2.63. The molecule has 0 aliphatic heterocycles. The van der Waals surface area contributed by atoms with Gasteiger partial charge in [0.05, 0.1) is 22.6 Å². The first kappa shape index (κ1) is 19.7. The summed E-state index contributed by atoms with van der Waals surface area (Å²) in [5, 5.41) is 11.7. The summed E-state index contributed by atoms with van der Waals surface area (Å²) in [6, 6.07) is 8.80. The van der Waals surface area contributed by atoms with E-state index in [2.05, 4.69) is 4.98 Å². The van der Waals surface area contributed by atoms with E-state index < -0.39 is 17.5 Å². The summed E-state index contributed by atoms with van der Waals surface area (Å²) in [5.41, 5.74) is 0.426. The number of alkyl halides is 3. The number of non-ortho nitro benzene ring substituents is 1. The summed E-state index contributed by atoms with van der Waals surface area (Å²) < 4.78 is 41.8. The van der Waals surface area contributed by atoms with E-state index in [1.54, 1.807) is 18.2 Å². The number of nitrogens with zero attached hydrogens (tertiary/aromatic N) is 1. The number of fused-ring (bicyclic) bond motifs is 2. The number of nitro groups is 1. The topological polar surface area (TPSA) is 85.2 Å². The van der Waals surface area contributed by atoms with Gasteiger partial charge in [-0.15, -0.1) is 0 Å². The standard InChI is InChI=1S/C19H17F3N2O4/c20-19(21,22)8-2-1-3-9-28-13-5-7-15-17(11-13)23-16-10-12(24(26)27)4-6-14(16)18(15)25/h4-7,10-11H,1-3,8-9H2,(H,23,25). The van der Waals surface area contributed by atoms with Gasteiger partial charge in [0.15, 0.2) is 5.43 Å². The van der Waals surface area contributed by atoms with Crippen molar-refractivity contribution in [1.82, 2.24) is 4.98 Å². The van der Waals surface area contributed by atoms with E-state index in [1.165, 1.54) is 18.2 Å². The number of halogens is 3. The minimum Gasteiger partial charge on any atom is -0.494 e. The van der Waals surface area contributed by atoms with Crippen molar-refractivity contribution in [2.45, 2.75) is 31.9 Å². The number of hydrogen-bond acceptors (Lipinski definition) is 4. The second kappa shape index (κ2) is 7.87. The van der Waals surface area contributed by atoms with Crippen molar-refractivity contribution in [1.29, 1.82) is 0 Å². The minimum atomic E-state index is -4.14. The van der Waals surface area contributed by atoms with E-state index in [0.29, 0.717) is 40.4 Å². The normalized spacial score (nSPS) is 11.8. The lowest BCUT2D eigenvalue weighted by Gasteiger charge is -2.09. The Balaban J connectivity index is 1.74. The zero-order valence-corrected chi connectivity index (χ0v) is 14.7. The molecule has 1 heterocycles. The predicted molar refractivity (Wildman–Crippen MR) is 98.7 cm³/mol. The van der Waals surface area contributed by atoms with Crippen LogP contribution in [0.5, 0.6) is 5.75 Å². The van der Waals surface area contributed by atoms with E-state index in [0.717, 1.165) is 0 Å². The molecule has 0 aliphatic carbocycles. The highest BCUT2D eigenvalue weighted by molar-refractivity contribution is 5.93. The lowest BCUT2D eigenvalue weighted by molar-refractivity contribution is -0.384. The number of hydrogen-bond donors (Lipinski definition) is 1. The third-order valence-electron chi connectivity index (χ3n) is 4.34. The van der Waals surface area contributed by atoms with Crippen molar-refractivity contribution in [3.8, 4) is 5.75 Å². The average molecular weight is 394 g/mol. The SMILES string of the molecule is O=c1c2ccc(OCCCCCC(F)(F)F)cc2[nH]c2cc([N+](=O)[O-])ccc12. The number of pyridine rings is 1. The van der Waals surface area contributed by atoms with Crippen LogP contribution in [0.3, 0.4) is 0 Å². The van der Waals surface area contributed by atoms with Crippen LogP contribution < -0.4 is 10.2 Å². The largest absolute Gasteiger partial charge is 0.494 e. The molecule has 0 amide bonds. The maximum absolute atomic E-state index is 12.6.